The van der Waals surface area contributed by atoms with Crippen LogP contribution in [0, 0.1) is 5.92 Å². The summed E-state index contributed by atoms with van der Waals surface area (Å²) in [7, 11) is 0. The number of aliphatic hydroxyl groups is 1. The molecule has 0 unspecified atom stereocenters. The van der Waals surface area contributed by atoms with Gasteiger partial charge in [0.25, 0.3) is 0 Å². The van der Waals surface area contributed by atoms with Crippen molar-refractivity contribution in [3.63, 3.8) is 0 Å². The van der Waals surface area contributed by atoms with Crippen molar-refractivity contribution in [3.05, 3.63) is 0 Å². The third-order valence-corrected chi connectivity index (χ3v) is 1.08. The van der Waals surface area contributed by atoms with E-state index in [2.05, 4.69) is 0 Å². The number of aliphatic hydroxyl groups excluding tert-OH is 1. The van der Waals surface area contributed by atoms with Crippen LogP contribution in [0.15, 0.2) is 0 Å². The molecule has 0 radical (unpaired) electrons. The van der Waals surface area contributed by atoms with Crippen LogP contribution >= 0.6 is 12.4 Å². The quantitative estimate of drug-likeness (QED) is 0.528. The van der Waals surface area contributed by atoms with Crippen molar-refractivity contribution in [1.29, 1.82) is 0 Å². The topological polar surface area (TPSA) is 83.5 Å². The molecular formula is C5H12ClNO3. The second kappa shape index (κ2) is 6.80. The zero-order chi connectivity index (χ0) is 7.28. The summed E-state index contributed by atoms with van der Waals surface area (Å²) in [6.07, 6.45) is 0.339. The van der Waals surface area contributed by atoms with E-state index in [0.29, 0.717) is 13.0 Å². The van der Waals surface area contributed by atoms with Gasteiger partial charge < -0.3 is 15.9 Å². The maximum absolute atomic E-state index is 10.1. The Morgan fingerprint density at radius 1 is 1.60 bits per heavy atom. The zero-order valence-electron chi connectivity index (χ0n) is 5.49. The molecule has 4 N–H and O–H groups in total. The monoisotopic (exact) mass is 169 g/mol. The molecular weight excluding hydrogens is 158 g/mol. The fraction of sp³-hybridized carbons (Fsp3) is 0.800. The fourth-order valence-corrected chi connectivity index (χ4v) is 0.494. The van der Waals surface area contributed by atoms with E-state index in [1.54, 1.807) is 0 Å². The maximum Gasteiger partial charge on any atom is 0.308 e. The van der Waals surface area contributed by atoms with Crippen molar-refractivity contribution < 1.29 is 15.0 Å². The van der Waals surface area contributed by atoms with Crippen molar-refractivity contribution in [2.75, 3.05) is 13.2 Å². The molecule has 10 heavy (non-hydrogen) atoms. The van der Waals surface area contributed by atoms with Crippen LogP contribution in [-0.2, 0) is 4.79 Å². The molecule has 62 valence electrons. The van der Waals surface area contributed by atoms with E-state index in [1.165, 1.54) is 0 Å². The number of nitrogens with two attached hydrogens (primary N) is 1. The lowest BCUT2D eigenvalue weighted by molar-refractivity contribution is -0.143. The second-order valence-electron chi connectivity index (χ2n) is 1.80. The molecule has 0 aliphatic carbocycles. The fourth-order valence-electron chi connectivity index (χ4n) is 0.494. The molecule has 0 aliphatic heterocycles. The van der Waals surface area contributed by atoms with E-state index >= 15 is 0 Å². The van der Waals surface area contributed by atoms with Crippen LogP contribution in [0.2, 0.25) is 0 Å². The van der Waals surface area contributed by atoms with Crippen LogP contribution < -0.4 is 5.73 Å². The number of hydrogen-bond donors (Lipinski definition) is 3. The first-order valence-electron chi connectivity index (χ1n) is 2.76. The van der Waals surface area contributed by atoms with Gasteiger partial charge in [0.05, 0.1) is 12.5 Å². The SMILES string of the molecule is Cl.NCC[C@@H](CO)C(=O)O. The van der Waals surface area contributed by atoms with Crippen LogP contribution in [-0.4, -0.2) is 29.3 Å². The number of aliphatic carboxylic acids is 1. The Bertz CT molecular complexity index is 98.9. The Morgan fingerprint density at radius 3 is 2.20 bits per heavy atom. The van der Waals surface area contributed by atoms with Gasteiger partial charge in [0.2, 0.25) is 0 Å². The van der Waals surface area contributed by atoms with Gasteiger partial charge in [-0.05, 0) is 13.0 Å². The number of halogens is 1. The Balaban J connectivity index is 0. The Labute approximate surface area is 65.4 Å². The van der Waals surface area contributed by atoms with Crippen molar-refractivity contribution in [2.24, 2.45) is 11.7 Å². The number of carboxylic acid groups (broad SMARTS) is 1. The largest absolute Gasteiger partial charge is 0.481 e. The molecule has 0 saturated heterocycles. The first kappa shape index (κ1) is 12.4. The van der Waals surface area contributed by atoms with E-state index in [4.69, 9.17) is 15.9 Å². The Kier molecular flexibility index (Phi) is 8.40. The van der Waals surface area contributed by atoms with Gasteiger partial charge in [0, 0.05) is 0 Å². The highest BCUT2D eigenvalue weighted by atomic mass is 35.5. The zero-order valence-corrected chi connectivity index (χ0v) is 6.30. The smallest absolute Gasteiger partial charge is 0.308 e. The summed E-state index contributed by atoms with van der Waals surface area (Å²) >= 11 is 0. The molecule has 0 aromatic heterocycles. The van der Waals surface area contributed by atoms with Gasteiger partial charge in [0.15, 0.2) is 0 Å². The maximum atomic E-state index is 10.1. The summed E-state index contributed by atoms with van der Waals surface area (Å²) in [4.78, 5) is 10.1. The van der Waals surface area contributed by atoms with Crippen LogP contribution in [0.5, 0.6) is 0 Å². The predicted molar refractivity (Wildman–Crippen MR) is 39.1 cm³/mol. The standard InChI is InChI=1S/C5H11NO3.ClH/c6-2-1-4(3-7)5(8)9;/h4,7H,1-3,6H2,(H,8,9);1H/t4-;/m0./s1. The lowest BCUT2D eigenvalue weighted by atomic mass is 10.1. The van der Waals surface area contributed by atoms with Crippen LogP contribution in [0.25, 0.3) is 0 Å². The summed E-state index contributed by atoms with van der Waals surface area (Å²) in [6.45, 7) is -0.0238. The number of carbonyl (C=O) groups is 1. The third-order valence-electron chi connectivity index (χ3n) is 1.08. The molecule has 0 amide bonds. The van der Waals surface area contributed by atoms with E-state index in [9.17, 15) is 4.79 Å². The minimum Gasteiger partial charge on any atom is -0.481 e. The molecule has 0 aromatic rings. The van der Waals surface area contributed by atoms with Crippen molar-refractivity contribution in [3.8, 4) is 0 Å². The summed E-state index contributed by atoms with van der Waals surface area (Å²) in [6, 6.07) is 0. The molecule has 0 aliphatic rings. The van der Waals surface area contributed by atoms with Gasteiger partial charge in [-0.2, -0.15) is 0 Å². The molecule has 0 bridgehead atoms. The third kappa shape index (κ3) is 4.55. The molecule has 0 saturated carbocycles. The van der Waals surface area contributed by atoms with Crippen molar-refractivity contribution in [1.82, 2.24) is 0 Å². The summed E-state index contributed by atoms with van der Waals surface area (Å²) in [5.41, 5.74) is 5.07. The predicted octanol–water partition coefficient (Wildman–Crippen LogP) is -0.550. The van der Waals surface area contributed by atoms with Gasteiger partial charge in [-0.25, -0.2) is 0 Å². The minimum atomic E-state index is -0.983. The molecule has 0 fully saturated rings. The lowest BCUT2D eigenvalue weighted by Gasteiger charge is -2.04. The average molecular weight is 170 g/mol. The minimum absolute atomic E-state index is 0. The van der Waals surface area contributed by atoms with Gasteiger partial charge in [0.1, 0.15) is 0 Å². The molecule has 0 spiro atoms. The highest BCUT2D eigenvalue weighted by Gasteiger charge is 2.13. The number of rotatable bonds is 4. The normalized spacial score (nSPS) is 11.8. The van der Waals surface area contributed by atoms with Crippen LogP contribution in [0.4, 0.5) is 0 Å². The highest BCUT2D eigenvalue weighted by molar-refractivity contribution is 5.85. The van der Waals surface area contributed by atoms with Gasteiger partial charge in [-0.1, -0.05) is 0 Å². The average Bonchev–Trinajstić information content (AvgIpc) is 1.82. The van der Waals surface area contributed by atoms with Gasteiger partial charge in [-0.3, -0.25) is 4.79 Å². The molecule has 4 nitrogen and oxygen atoms in total. The van der Waals surface area contributed by atoms with E-state index in [0.717, 1.165) is 0 Å². The molecule has 0 heterocycles. The van der Waals surface area contributed by atoms with Gasteiger partial charge >= 0.3 is 5.97 Å². The second-order valence-corrected chi connectivity index (χ2v) is 1.80. The van der Waals surface area contributed by atoms with Crippen LogP contribution in [0.3, 0.4) is 0 Å². The van der Waals surface area contributed by atoms with E-state index < -0.39 is 11.9 Å². The Morgan fingerprint density at radius 2 is 2.10 bits per heavy atom. The van der Waals surface area contributed by atoms with Gasteiger partial charge in [-0.15, -0.1) is 12.4 Å². The van der Waals surface area contributed by atoms with E-state index in [-0.39, 0.29) is 19.0 Å². The lowest BCUT2D eigenvalue weighted by Crippen LogP contribution is -2.21. The summed E-state index contributed by atoms with van der Waals surface area (Å²) < 4.78 is 0. The molecule has 0 rings (SSSR count). The number of hydrogen-bond acceptors (Lipinski definition) is 3. The highest BCUT2D eigenvalue weighted by Crippen LogP contribution is 1.98. The van der Waals surface area contributed by atoms with Crippen molar-refractivity contribution >= 4 is 18.4 Å². The number of carboxylic acids is 1. The molecule has 0 aromatic carbocycles. The van der Waals surface area contributed by atoms with Crippen molar-refractivity contribution in [2.45, 2.75) is 6.42 Å². The first-order valence-corrected chi connectivity index (χ1v) is 2.76. The molecule has 5 heteroatoms. The Hall–Kier alpha value is -0.320. The van der Waals surface area contributed by atoms with E-state index in [1.807, 2.05) is 0 Å². The summed E-state index contributed by atoms with van der Waals surface area (Å²) in [5.74, 6) is -1.67. The van der Waals surface area contributed by atoms with Crippen LogP contribution in [0.1, 0.15) is 6.42 Å². The molecule has 1 atom stereocenters. The summed E-state index contributed by atoms with van der Waals surface area (Å²) in [5, 5.41) is 16.7. The first-order chi connectivity index (χ1) is 4.22.